The lowest BCUT2D eigenvalue weighted by Crippen LogP contribution is -2.26. The van der Waals surface area contributed by atoms with Crippen molar-refractivity contribution in [2.45, 2.75) is 31.7 Å². The highest BCUT2D eigenvalue weighted by molar-refractivity contribution is 7.89. The van der Waals surface area contributed by atoms with Gasteiger partial charge in [0.05, 0.1) is 11.4 Å². The van der Waals surface area contributed by atoms with Crippen LogP contribution in [0.5, 0.6) is 0 Å². The van der Waals surface area contributed by atoms with E-state index in [1.165, 1.54) is 24.3 Å². The quantitative estimate of drug-likeness (QED) is 0.706. The number of nitrogens with one attached hydrogen (secondary N) is 1. The van der Waals surface area contributed by atoms with Crippen LogP contribution in [0.3, 0.4) is 0 Å². The summed E-state index contributed by atoms with van der Waals surface area (Å²) in [6.07, 6.45) is 0.647. The molecular formula is C15H16N6O3S2. The highest BCUT2D eigenvalue weighted by Crippen LogP contribution is 2.30. The minimum atomic E-state index is -3.68. The molecule has 1 amide bonds. The van der Waals surface area contributed by atoms with E-state index in [0.717, 1.165) is 11.3 Å². The molecule has 26 heavy (non-hydrogen) atoms. The van der Waals surface area contributed by atoms with Gasteiger partial charge in [-0.25, -0.2) is 13.1 Å². The largest absolute Gasteiger partial charge is 0.312 e. The average Bonchev–Trinajstić information content (AvgIpc) is 3.28. The van der Waals surface area contributed by atoms with Crippen molar-refractivity contribution in [3.05, 3.63) is 34.6 Å². The number of benzene rings is 1. The summed E-state index contributed by atoms with van der Waals surface area (Å²) in [4.78, 5) is 14.1. The second-order valence-electron chi connectivity index (χ2n) is 5.97. The Morgan fingerprint density at radius 3 is 2.88 bits per heavy atom. The van der Waals surface area contributed by atoms with Crippen molar-refractivity contribution in [1.29, 1.82) is 0 Å². The minimum absolute atomic E-state index is 0.0453. The highest BCUT2D eigenvalue weighted by Gasteiger charge is 2.25. The van der Waals surface area contributed by atoms with Gasteiger partial charge in [-0.1, -0.05) is 11.3 Å². The lowest BCUT2D eigenvalue weighted by Gasteiger charge is -2.15. The number of rotatable bonds is 4. The van der Waals surface area contributed by atoms with Crippen LogP contribution in [0.15, 0.2) is 23.1 Å². The average molecular weight is 392 g/mol. The van der Waals surface area contributed by atoms with Gasteiger partial charge in [0, 0.05) is 19.2 Å². The van der Waals surface area contributed by atoms with Crippen LogP contribution in [0.2, 0.25) is 0 Å². The molecule has 0 atom stereocenters. The molecule has 136 valence electrons. The zero-order valence-corrected chi connectivity index (χ0v) is 15.8. The van der Waals surface area contributed by atoms with Crippen LogP contribution >= 0.6 is 11.3 Å². The third kappa shape index (κ3) is 2.87. The molecule has 0 bridgehead atoms. The van der Waals surface area contributed by atoms with Crippen LogP contribution in [-0.4, -0.2) is 40.7 Å². The number of carbonyl (C=O) groups excluding carboxylic acids is 1. The molecule has 1 aliphatic rings. The third-order valence-corrected chi connectivity index (χ3v) is 6.54. The summed E-state index contributed by atoms with van der Waals surface area (Å²) < 4.78 is 29.3. The Morgan fingerprint density at radius 2 is 2.15 bits per heavy atom. The van der Waals surface area contributed by atoms with E-state index in [1.54, 1.807) is 28.5 Å². The second kappa shape index (κ2) is 6.11. The number of carbonyl (C=O) groups is 1. The molecule has 4 rings (SSSR count). The second-order valence-corrected chi connectivity index (χ2v) is 8.78. The van der Waals surface area contributed by atoms with Gasteiger partial charge in [-0.3, -0.25) is 4.79 Å². The van der Waals surface area contributed by atoms with Crippen molar-refractivity contribution in [3.8, 4) is 0 Å². The topological polar surface area (TPSA) is 110 Å². The molecule has 1 aliphatic heterocycles. The van der Waals surface area contributed by atoms with Gasteiger partial charge in [-0.05, 0) is 37.1 Å². The van der Waals surface area contributed by atoms with Crippen LogP contribution in [0, 0.1) is 6.92 Å². The van der Waals surface area contributed by atoms with E-state index in [1.807, 2.05) is 0 Å². The van der Waals surface area contributed by atoms with Crippen molar-refractivity contribution >= 4 is 37.9 Å². The zero-order chi connectivity index (χ0) is 18.5. The Bertz CT molecular complexity index is 1120. The highest BCUT2D eigenvalue weighted by atomic mass is 32.2. The fraction of sp³-hybridized carbons (Fsp3) is 0.333. The molecule has 3 aromatic rings. The van der Waals surface area contributed by atoms with Gasteiger partial charge in [0.2, 0.25) is 20.9 Å². The lowest BCUT2D eigenvalue weighted by atomic mass is 10.2. The van der Waals surface area contributed by atoms with Gasteiger partial charge in [0.15, 0.2) is 5.82 Å². The fourth-order valence-corrected chi connectivity index (χ4v) is 4.89. The first-order valence-corrected chi connectivity index (χ1v) is 10.2. The SMILES string of the molecule is CC(=O)N1CCc2cc(S(=O)(=O)NCc3nn4c(C)nnc4s3)ccc21. The monoisotopic (exact) mass is 392 g/mol. The van der Waals surface area contributed by atoms with Crippen LogP contribution in [0.4, 0.5) is 5.69 Å². The number of hydrogen-bond donors (Lipinski definition) is 1. The first-order chi connectivity index (χ1) is 12.3. The molecule has 0 saturated carbocycles. The maximum Gasteiger partial charge on any atom is 0.240 e. The number of hydrogen-bond acceptors (Lipinski definition) is 7. The molecule has 0 unspecified atom stereocenters. The van der Waals surface area contributed by atoms with E-state index >= 15 is 0 Å². The molecule has 0 radical (unpaired) electrons. The first-order valence-electron chi connectivity index (χ1n) is 7.93. The molecule has 9 nitrogen and oxygen atoms in total. The first kappa shape index (κ1) is 17.1. The number of nitrogens with zero attached hydrogens (tertiary/aromatic N) is 5. The minimum Gasteiger partial charge on any atom is -0.312 e. The number of aromatic nitrogens is 4. The van der Waals surface area contributed by atoms with Crippen molar-refractivity contribution in [2.24, 2.45) is 0 Å². The van der Waals surface area contributed by atoms with E-state index in [9.17, 15) is 13.2 Å². The van der Waals surface area contributed by atoms with Crippen LogP contribution in [0.1, 0.15) is 23.3 Å². The molecule has 0 fully saturated rings. The predicted molar refractivity (Wildman–Crippen MR) is 95.6 cm³/mol. The molecule has 1 N–H and O–H groups in total. The van der Waals surface area contributed by atoms with Crippen LogP contribution < -0.4 is 9.62 Å². The van der Waals surface area contributed by atoms with E-state index in [-0.39, 0.29) is 17.3 Å². The van der Waals surface area contributed by atoms with E-state index in [0.29, 0.717) is 28.8 Å². The summed E-state index contributed by atoms with van der Waals surface area (Å²) in [6, 6.07) is 4.83. The zero-order valence-electron chi connectivity index (χ0n) is 14.1. The lowest BCUT2D eigenvalue weighted by molar-refractivity contribution is -0.116. The standard InChI is InChI=1S/C15H16N6O3S2/c1-9-17-18-15-21(9)19-14(25-15)8-16-26(23,24)12-3-4-13-11(7-12)5-6-20(13)10(2)22/h3-4,7,16H,5-6,8H2,1-2H3. The van der Waals surface area contributed by atoms with Crippen molar-refractivity contribution < 1.29 is 13.2 Å². The van der Waals surface area contributed by atoms with Gasteiger partial charge < -0.3 is 4.90 Å². The Labute approximate surface area is 153 Å². The molecule has 11 heteroatoms. The predicted octanol–water partition coefficient (Wildman–Crippen LogP) is 0.882. The summed E-state index contributed by atoms with van der Waals surface area (Å²) in [7, 11) is -3.68. The Kier molecular flexibility index (Phi) is 4.01. The Hall–Kier alpha value is -2.37. The normalized spacial score (nSPS) is 14.2. The van der Waals surface area contributed by atoms with Gasteiger partial charge >= 0.3 is 0 Å². The maximum atomic E-state index is 12.6. The molecule has 3 heterocycles. The maximum absolute atomic E-state index is 12.6. The number of anilines is 1. The van der Waals surface area contributed by atoms with Gasteiger partial charge in [-0.2, -0.15) is 9.61 Å². The summed E-state index contributed by atoms with van der Waals surface area (Å²) in [5.74, 6) is 0.607. The van der Waals surface area contributed by atoms with Crippen molar-refractivity contribution in [3.63, 3.8) is 0 Å². The Morgan fingerprint density at radius 1 is 1.35 bits per heavy atom. The molecule has 0 saturated heterocycles. The van der Waals surface area contributed by atoms with E-state index < -0.39 is 10.0 Å². The summed E-state index contributed by atoms with van der Waals surface area (Å²) in [6.45, 7) is 3.94. The van der Waals surface area contributed by atoms with Gasteiger partial charge in [0.25, 0.3) is 0 Å². The molecule has 1 aromatic carbocycles. The number of amides is 1. The number of sulfonamides is 1. The van der Waals surface area contributed by atoms with Crippen molar-refractivity contribution in [2.75, 3.05) is 11.4 Å². The van der Waals surface area contributed by atoms with Gasteiger partial charge in [0.1, 0.15) is 5.01 Å². The number of fused-ring (bicyclic) bond motifs is 2. The molecule has 0 aliphatic carbocycles. The van der Waals surface area contributed by atoms with Crippen LogP contribution in [-0.2, 0) is 27.8 Å². The van der Waals surface area contributed by atoms with E-state index in [4.69, 9.17) is 0 Å². The Balaban J connectivity index is 1.54. The third-order valence-electron chi connectivity index (χ3n) is 4.24. The smallest absolute Gasteiger partial charge is 0.240 e. The molecule has 2 aromatic heterocycles. The van der Waals surface area contributed by atoms with E-state index in [2.05, 4.69) is 20.0 Å². The van der Waals surface area contributed by atoms with Gasteiger partial charge in [-0.15, -0.1) is 10.2 Å². The molecule has 0 spiro atoms. The summed E-state index contributed by atoms with van der Waals surface area (Å²) >= 11 is 1.28. The fourth-order valence-electron chi connectivity index (χ4n) is 2.94. The number of aryl methyl sites for hydroxylation is 1. The summed E-state index contributed by atoms with van der Waals surface area (Å²) in [5.41, 5.74) is 1.64. The van der Waals surface area contributed by atoms with Crippen LogP contribution in [0.25, 0.3) is 4.96 Å². The molecular weight excluding hydrogens is 376 g/mol. The summed E-state index contributed by atoms with van der Waals surface area (Å²) in [5, 5.41) is 12.8. The van der Waals surface area contributed by atoms with Crippen molar-refractivity contribution in [1.82, 2.24) is 24.5 Å².